The van der Waals surface area contributed by atoms with Gasteiger partial charge < -0.3 is 26.0 Å². The number of nitrogens with two attached hydrogens (primary N) is 1. The first-order chi connectivity index (χ1) is 14.6. The maximum atomic E-state index is 12.9. The van der Waals surface area contributed by atoms with E-state index in [2.05, 4.69) is 36.5 Å². The normalized spacial score (nSPS) is 16.5. The lowest BCUT2D eigenvalue weighted by Crippen LogP contribution is -2.47. The van der Waals surface area contributed by atoms with Gasteiger partial charge in [-0.05, 0) is 57.9 Å². The molecule has 0 aliphatic carbocycles. The van der Waals surface area contributed by atoms with Gasteiger partial charge in [0.15, 0.2) is 0 Å². The van der Waals surface area contributed by atoms with E-state index in [4.69, 9.17) is 10.5 Å². The van der Waals surface area contributed by atoms with Gasteiger partial charge in [0, 0.05) is 29.3 Å². The highest BCUT2D eigenvalue weighted by Gasteiger charge is 2.29. The van der Waals surface area contributed by atoms with Gasteiger partial charge in [0.05, 0.1) is 0 Å². The Bertz CT molecular complexity index is 945. The van der Waals surface area contributed by atoms with E-state index >= 15 is 0 Å². The van der Waals surface area contributed by atoms with Gasteiger partial charge in [-0.25, -0.2) is 14.8 Å². The third kappa shape index (κ3) is 6.30. The first kappa shape index (κ1) is 22.8. The summed E-state index contributed by atoms with van der Waals surface area (Å²) in [4.78, 5) is 35.2. The molecule has 0 radical (unpaired) electrons. The fraction of sp³-hybridized carbons (Fsp3) is 0.429. The van der Waals surface area contributed by atoms with Gasteiger partial charge in [0.25, 0.3) is 5.91 Å². The van der Waals surface area contributed by atoms with Gasteiger partial charge in [0.1, 0.15) is 29.1 Å². The monoisotopic (exact) mass is 490 g/mol. The molecule has 1 saturated heterocycles. The molecule has 0 saturated carbocycles. The quantitative estimate of drug-likeness (QED) is 0.593. The van der Waals surface area contributed by atoms with E-state index in [9.17, 15) is 9.59 Å². The van der Waals surface area contributed by atoms with Crippen LogP contribution in [0.1, 0.15) is 44.0 Å². The van der Waals surface area contributed by atoms with Crippen LogP contribution in [0.2, 0.25) is 0 Å². The number of ether oxygens (including phenoxy) is 1. The van der Waals surface area contributed by atoms with E-state index in [1.165, 1.54) is 6.33 Å². The summed E-state index contributed by atoms with van der Waals surface area (Å²) >= 11 is 3.37. The van der Waals surface area contributed by atoms with Crippen molar-refractivity contribution < 1.29 is 14.3 Å². The van der Waals surface area contributed by atoms with E-state index in [1.54, 1.807) is 17.0 Å². The van der Waals surface area contributed by atoms with Gasteiger partial charge in [0.2, 0.25) is 0 Å². The second-order valence-corrected chi connectivity index (χ2v) is 9.27. The molecule has 1 atom stereocenters. The SMILES string of the molecule is CC(C)(C)OC(=O)N1CCC[C@@H](Nc2ncnc(N)c2C(=O)Nc2ccc(Br)cc2)C1. The van der Waals surface area contributed by atoms with Crippen molar-refractivity contribution >= 4 is 45.3 Å². The van der Waals surface area contributed by atoms with Gasteiger partial charge in [-0.3, -0.25) is 4.79 Å². The van der Waals surface area contributed by atoms with Crippen LogP contribution in [-0.4, -0.2) is 51.6 Å². The lowest BCUT2D eigenvalue weighted by atomic mass is 10.1. The summed E-state index contributed by atoms with van der Waals surface area (Å²) in [5, 5.41) is 6.08. The first-order valence-electron chi connectivity index (χ1n) is 10.0. The van der Waals surface area contributed by atoms with Gasteiger partial charge in [-0.2, -0.15) is 0 Å². The second kappa shape index (κ2) is 9.51. The minimum absolute atomic E-state index is 0.0759. The third-order valence-corrected chi connectivity index (χ3v) is 5.15. The number of aromatic nitrogens is 2. The summed E-state index contributed by atoms with van der Waals surface area (Å²) in [5.74, 6) is -0.00667. The van der Waals surface area contributed by atoms with Crippen LogP contribution in [-0.2, 0) is 4.74 Å². The van der Waals surface area contributed by atoms with Gasteiger partial charge in [-0.1, -0.05) is 15.9 Å². The van der Waals surface area contributed by atoms with E-state index < -0.39 is 11.5 Å². The molecule has 2 heterocycles. The number of nitrogens with zero attached hydrogens (tertiary/aromatic N) is 3. The zero-order valence-corrected chi connectivity index (χ0v) is 19.4. The molecule has 31 heavy (non-hydrogen) atoms. The molecule has 1 aliphatic rings. The number of carbonyl (C=O) groups is 2. The van der Waals surface area contributed by atoms with Gasteiger partial charge >= 0.3 is 6.09 Å². The van der Waals surface area contributed by atoms with Crippen LogP contribution < -0.4 is 16.4 Å². The number of hydrogen-bond donors (Lipinski definition) is 3. The Hall–Kier alpha value is -2.88. The second-order valence-electron chi connectivity index (χ2n) is 8.35. The highest BCUT2D eigenvalue weighted by Crippen LogP contribution is 2.24. The highest BCUT2D eigenvalue weighted by molar-refractivity contribution is 9.10. The molecule has 9 nitrogen and oxygen atoms in total. The molecule has 4 N–H and O–H groups in total. The molecule has 1 aliphatic heterocycles. The number of hydrogen-bond acceptors (Lipinski definition) is 7. The summed E-state index contributed by atoms with van der Waals surface area (Å²) < 4.78 is 6.38. The van der Waals surface area contributed by atoms with Crippen molar-refractivity contribution in [3.8, 4) is 0 Å². The highest BCUT2D eigenvalue weighted by atomic mass is 79.9. The lowest BCUT2D eigenvalue weighted by molar-refractivity contribution is 0.0206. The molecule has 0 bridgehead atoms. The topological polar surface area (TPSA) is 122 Å². The van der Waals surface area contributed by atoms with Crippen molar-refractivity contribution in [2.75, 3.05) is 29.5 Å². The zero-order valence-electron chi connectivity index (χ0n) is 17.8. The summed E-state index contributed by atoms with van der Waals surface area (Å²) in [5.41, 5.74) is 6.24. The lowest BCUT2D eigenvalue weighted by Gasteiger charge is -2.34. The Morgan fingerprint density at radius 2 is 1.94 bits per heavy atom. The van der Waals surface area contributed by atoms with Crippen molar-refractivity contribution in [2.45, 2.75) is 45.3 Å². The number of likely N-dealkylation sites (tertiary alicyclic amines) is 1. The maximum Gasteiger partial charge on any atom is 0.410 e. The molecule has 0 spiro atoms. The van der Waals surface area contributed by atoms with Crippen LogP contribution >= 0.6 is 15.9 Å². The van der Waals surface area contributed by atoms with Crippen LogP contribution in [0.4, 0.5) is 22.1 Å². The van der Waals surface area contributed by atoms with Crippen LogP contribution in [0, 0.1) is 0 Å². The van der Waals surface area contributed by atoms with E-state index in [-0.39, 0.29) is 23.5 Å². The molecule has 10 heteroatoms. The molecule has 2 amide bonds. The smallest absolute Gasteiger partial charge is 0.410 e. The predicted molar refractivity (Wildman–Crippen MR) is 123 cm³/mol. The minimum atomic E-state index is -0.559. The average molecular weight is 491 g/mol. The number of nitrogen functional groups attached to an aromatic ring is 1. The van der Waals surface area contributed by atoms with Crippen molar-refractivity contribution in [1.29, 1.82) is 0 Å². The first-order valence-corrected chi connectivity index (χ1v) is 10.8. The molecule has 1 fully saturated rings. The summed E-state index contributed by atoms with van der Waals surface area (Å²) in [6.07, 6.45) is 2.58. The number of amides is 2. The molecule has 3 rings (SSSR count). The fourth-order valence-corrected chi connectivity index (χ4v) is 3.50. The van der Waals surface area contributed by atoms with E-state index in [1.807, 2.05) is 32.9 Å². The van der Waals surface area contributed by atoms with Crippen molar-refractivity contribution in [3.63, 3.8) is 0 Å². The number of nitrogens with one attached hydrogen (secondary N) is 2. The van der Waals surface area contributed by atoms with E-state index in [0.717, 1.165) is 17.3 Å². The predicted octanol–water partition coefficient (Wildman–Crippen LogP) is 3.89. The Morgan fingerprint density at radius 3 is 2.61 bits per heavy atom. The van der Waals surface area contributed by atoms with Crippen LogP contribution in [0.5, 0.6) is 0 Å². The zero-order chi connectivity index (χ0) is 22.6. The molecular weight excluding hydrogens is 464 g/mol. The standard InChI is InChI=1S/C21H27BrN6O3/c1-21(2,3)31-20(30)28-10-4-5-15(11-28)26-18-16(17(23)24-12-25-18)19(29)27-14-8-6-13(22)7-9-14/h6-9,12,15H,4-5,10-11H2,1-3H3,(H,27,29)(H3,23,24,25,26)/t15-/m1/s1. The van der Waals surface area contributed by atoms with Crippen LogP contribution in [0.15, 0.2) is 35.1 Å². The number of benzene rings is 1. The fourth-order valence-electron chi connectivity index (χ4n) is 3.24. The molecule has 166 valence electrons. The van der Waals surface area contributed by atoms with Crippen molar-refractivity contribution in [2.24, 2.45) is 0 Å². The Kier molecular flexibility index (Phi) is 6.99. The molecule has 1 aromatic carbocycles. The molecule has 0 unspecified atom stereocenters. The number of anilines is 3. The number of carbonyl (C=O) groups excluding carboxylic acids is 2. The van der Waals surface area contributed by atoms with Crippen LogP contribution in [0.25, 0.3) is 0 Å². The maximum absolute atomic E-state index is 12.9. The average Bonchev–Trinajstić information content (AvgIpc) is 2.69. The largest absolute Gasteiger partial charge is 0.444 e. The Morgan fingerprint density at radius 1 is 1.23 bits per heavy atom. The van der Waals surface area contributed by atoms with Crippen molar-refractivity contribution in [3.05, 3.63) is 40.6 Å². The molecular formula is C21H27BrN6O3. The summed E-state index contributed by atoms with van der Waals surface area (Å²) in [6.45, 7) is 6.57. The molecule has 1 aromatic heterocycles. The van der Waals surface area contributed by atoms with Crippen molar-refractivity contribution in [1.82, 2.24) is 14.9 Å². The number of halogens is 1. The summed E-state index contributed by atoms with van der Waals surface area (Å²) in [7, 11) is 0. The Labute approximate surface area is 189 Å². The Balaban J connectivity index is 1.73. The third-order valence-electron chi connectivity index (χ3n) is 4.62. The minimum Gasteiger partial charge on any atom is -0.444 e. The molecule has 2 aromatic rings. The van der Waals surface area contributed by atoms with E-state index in [0.29, 0.717) is 24.6 Å². The number of rotatable bonds is 4. The van der Waals surface area contributed by atoms with Crippen LogP contribution in [0.3, 0.4) is 0 Å². The summed E-state index contributed by atoms with van der Waals surface area (Å²) in [6, 6.07) is 7.10. The number of piperidine rings is 1. The van der Waals surface area contributed by atoms with Gasteiger partial charge in [-0.15, -0.1) is 0 Å².